The number of aryl methyl sites for hydroxylation is 1. The molecule has 2 aromatic carbocycles. The molecule has 0 spiro atoms. The molecule has 28 heavy (non-hydrogen) atoms. The Bertz CT molecular complexity index is 1160. The van der Waals surface area contributed by atoms with Crippen LogP contribution in [-0.2, 0) is 11.3 Å². The Labute approximate surface area is 167 Å². The molecular formula is C21H19N5OS. The number of hydrogen-bond donors (Lipinski definition) is 1. The predicted molar refractivity (Wildman–Crippen MR) is 112 cm³/mol. The van der Waals surface area contributed by atoms with Crippen LogP contribution < -0.4 is 5.32 Å². The lowest BCUT2D eigenvalue weighted by Gasteiger charge is -2.08. The minimum absolute atomic E-state index is 0.0290. The molecule has 0 aliphatic carbocycles. The molecule has 0 saturated heterocycles. The van der Waals surface area contributed by atoms with Crippen LogP contribution in [0.2, 0.25) is 0 Å². The highest BCUT2D eigenvalue weighted by Crippen LogP contribution is 2.19. The van der Waals surface area contributed by atoms with Crippen molar-refractivity contribution < 1.29 is 4.79 Å². The van der Waals surface area contributed by atoms with Gasteiger partial charge < -0.3 is 5.32 Å². The summed E-state index contributed by atoms with van der Waals surface area (Å²) in [7, 11) is 0. The fourth-order valence-corrected chi connectivity index (χ4v) is 3.26. The number of rotatable bonds is 5. The van der Waals surface area contributed by atoms with E-state index in [0.29, 0.717) is 10.6 Å². The van der Waals surface area contributed by atoms with E-state index in [1.54, 1.807) is 4.68 Å². The molecule has 2 heterocycles. The molecule has 1 amide bonds. The van der Waals surface area contributed by atoms with Gasteiger partial charge in [-0.25, -0.2) is 9.36 Å². The molecule has 0 unspecified atom stereocenters. The summed E-state index contributed by atoms with van der Waals surface area (Å²) in [6.45, 7) is 1.98. The van der Waals surface area contributed by atoms with Gasteiger partial charge >= 0.3 is 0 Å². The van der Waals surface area contributed by atoms with E-state index in [1.165, 1.54) is 0 Å². The molecular weight excluding hydrogens is 370 g/mol. The maximum Gasteiger partial charge on any atom is 0.246 e. The van der Waals surface area contributed by atoms with E-state index in [9.17, 15) is 4.79 Å². The van der Waals surface area contributed by atoms with Crippen molar-refractivity contribution in [1.29, 1.82) is 0 Å². The van der Waals surface area contributed by atoms with Crippen molar-refractivity contribution in [3.05, 3.63) is 89.5 Å². The summed E-state index contributed by atoms with van der Waals surface area (Å²) < 4.78 is 5.65. The number of anilines is 1. The second-order valence-electron chi connectivity index (χ2n) is 6.37. The van der Waals surface area contributed by atoms with Crippen molar-refractivity contribution in [2.24, 2.45) is 0 Å². The summed E-state index contributed by atoms with van der Waals surface area (Å²) in [5.41, 5.74) is 2.70. The Hall–Kier alpha value is -3.45. The molecule has 0 radical (unpaired) electrons. The number of amides is 1. The van der Waals surface area contributed by atoms with Crippen molar-refractivity contribution in [2.75, 3.05) is 5.32 Å². The van der Waals surface area contributed by atoms with Crippen LogP contribution in [-0.4, -0.2) is 25.0 Å². The third-order valence-electron chi connectivity index (χ3n) is 4.38. The van der Waals surface area contributed by atoms with Gasteiger partial charge in [0, 0.05) is 23.6 Å². The normalized spacial score (nSPS) is 10.8. The molecule has 6 nitrogen and oxygen atoms in total. The Morgan fingerprint density at radius 1 is 1.00 bits per heavy atom. The second-order valence-corrected chi connectivity index (χ2v) is 6.73. The van der Waals surface area contributed by atoms with E-state index in [2.05, 4.69) is 10.4 Å². The zero-order valence-electron chi connectivity index (χ0n) is 15.3. The quantitative estimate of drug-likeness (QED) is 0.522. The van der Waals surface area contributed by atoms with Crippen LogP contribution in [0.1, 0.15) is 5.56 Å². The Kier molecular flexibility index (Phi) is 4.90. The van der Waals surface area contributed by atoms with Gasteiger partial charge in [0.25, 0.3) is 0 Å². The smallest absolute Gasteiger partial charge is 0.246 e. The number of para-hydroxylation sites is 1. The van der Waals surface area contributed by atoms with Gasteiger partial charge in [0.2, 0.25) is 10.7 Å². The third-order valence-corrected chi connectivity index (χ3v) is 4.77. The molecule has 0 fully saturated rings. The predicted octanol–water partition coefficient (Wildman–Crippen LogP) is 4.14. The molecule has 0 atom stereocenters. The Morgan fingerprint density at radius 3 is 2.39 bits per heavy atom. The number of nitrogens with one attached hydrogen (secondary N) is 1. The lowest BCUT2D eigenvalue weighted by atomic mass is 10.2. The SMILES string of the molecule is Cc1ccccc1NC(=O)Cn1nc(-c2ccccc2)n(-n2cccc2)c1=S. The highest BCUT2D eigenvalue weighted by atomic mass is 32.1. The van der Waals surface area contributed by atoms with Crippen LogP contribution in [0.4, 0.5) is 5.69 Å². The zero-order valence-corrected chi connectivity index (χ0v) is 16.1. The maximum absolute atomic E-state index is 12.6. The number of benzene rings is 2. The fraction of sp³-hybridized carbons (Fsp3) is 0.0952. The number of carbonyl (C=O) groups excluding carboxylic acids is 1. The van der Waals surface area contributed by atoms with Gasteiger partial charge in [-0.05, 0) is 42.9 Å². The van der Waals surface area contributed by atoms with E-state index in [0.717, 1.165) is 16.8 Å². The van der Waals surface area contributed by atoms with Gasteiger partial charge in [-0.1, -0.05) is 48.5 Å². The molecule has 0 bridgehead atoms. The summed E-state index contributed by atoms with van der Waals surface area (Å²) in [6.07, 6.45) is 3.78. The van der Waals surface area contributed by atoms with Crippen LogP contribution >= 0.6 is 12.2 Å². The van der Waals surface area contributed by atoms with Crippen molar-refractivity contribution >= 4 is 23.8 Å². The summed E-state index contributed by atoms with van der Waals surface area (Å²) in [5.74, 6) is 0.493. The van der Waals surface area contributed by atoms with E-state index in [1.807, 2.05) is 95.4 Å². The molecule has 0 aliphatic heterocycles. The molecule has 4 aromatic rings. The van der Waals surface area contributed by atoms with Crippen molar-refractivity contribution in [1.82, 2.24) is 19.1 Å². The van der Waals surface area contributed by atoms with E-state index >= 15 is 0 Å². The first-order valence-corrected chi connectivity index (χ1v) is 9.29. The van der Waals surface area contributed by atoms with Gasteiger partial charge in [0.1, 0.15) is 6.54 Å². The molecule has 0 aliphatic rings. The first kappa shape index (κ1) is 17.9. The van der Waals surface area contributed by atoms with Gasteiger partial charge in [0.05, 0.1) is 0 Å². The summed E-state index contributed by atoms with van der Waals surface area (Å²) in [6, 6.07) is 21.3. The largest absolute Gasteiger partial charge is 0.324 e. The molecule has 140 valence electrons. The standard InChI is InChI=1S/C21H19N5OS/c1-16-9-5-6-12-18(16)22-19(27)15-25-21(28)26(24-13-7-8-14-24)20(23-25)17-10-3-2-4-11-17/h2-14H,15H2,1H3,(H,22,27). The first-order chi connectivity index (χ1) is 13.6. The second kappa shape index (κ2) is 7.66. The lowest BCUT2D eigenvalue weighted by Crippen LogP contribution is -2.20. The highest BCUT2D eigenvalue weighted by molar-refractivity contribution is 7.71. The topological polar surface area (TPSA) is 56.8 Å². The van der Waals surface area contributed by atoms with Gasteiger partial charge in [0.15, 0.2) is 5.82 Å². The molecule has 7 heteroatoms. The lowest BCUT2D eigenvalue weighted by molar-refractivity contribution is -0.116. The summed E-state index contributed by atoms with van der Waals surface area (Å²) >= 11 is 5.63. The van der Waals surface area contributed by atoms with Crippen LogP contribution in [0.15, 0.2) is 79.1 Å². The number of aromatic nitrogens is 4. The minimum Gasteiger partial charge on any atom is -0.324 e. The van der Waals surface area contributed by atoms with Gasteiger partial charge in [-0.15, -0.1) is 5.10 Å². The van der Waals surface area contributed by atoms with Crippen LogP contribution in [0.5, 0.6) is 0 Å². The van der Waals surface area contributed by atoms with E-state index < -0.39 is 0 Å². The number of nitrogens with zero attached hydrogens (tertiary/aromatic N) is 4. The molecule has 2 aromatic heterocycles. The fourth-order valence-electron chi connectivity index (χ4n) is 2.98. The van der Waals surface area contributed by atoms with Crippen molar-refractivity contribution in [3.63, 3.8) is 0 Å². The van der Waals surface area contributed by atoms with Gasteiger partial charge in [-0.2, -0.15) is 0 Å². The first-order valence-electron chi connectivity index (χ1n) is 8.88. The van der Waals surface area contributed by atoms with E-state index in [4.69, 9.17) is 12.2 Å². The minimum atomic E-state index is -0.179. The Morgan fingerprint density at radius 2 is 1.68 bits per heavy atom. The Balaban J connectivity index is 1.69. The highest BCUT2D eigenvalue weighted by Gasteiger charge is 2.16. The average molecular weight is 389 g/mol. The monoisotopic (exact) mass is 389 g/mol. The van der Waals surface area contributed by atoms with Crippen LogP contribution in [0.25, 0.3) is 11.4 Å². The molecule has 1 N–H and O–H groups in total. The zero-order chi connectivity index (χ0) is 19.5. The van der Waals surface area contributed by atoms with E-state index in [-0.39, 0.29) is 12.5 Å². The van der Waals surface area contributed by atoms with Crippen LogP contribution in [0.3, 0.4) is 0 Å². The van der Waals surface area contributed by atoms with Crippen LogP contribution in [0, 0.1) is 11.7 Å². The van der Waals surface area contributed by atoms with Crippen molar-refractivity contribution in [2.45, 2.75) is 13.5 Å². The molecule has 4 rings (SSSR count). The number of carbonyl (C=O) groups is 1. The summed E-state index contributed by atoms with van der Waals surface area (Å²) in [5, 5.41) is 7.56. The van der Waals surface area contributed by atoms with Crippen molar-refractivity contribution in [3.8, 4) is 11.4 Å². The maximum atomic E-state index is 12.6. The average Bonchev–Trinajstić information content (AvgIpc) is 3.33. The number of hydrogen-bond acceptors (Lipinski definition) is 3. The van der Waals surface area contributed by atoms with Gasteiger partial charge in [-0.3, -0.25) is 9.47 Å². The third kappa shape index (κ3) is 3.52. The summed E-state index contributed by atoms with van der Waals surface area (Å²) in [4.78, 5) is 12.6. The molecule has 0 saturated carbocycles.